The van der Waals surface area contributed by atoms with Crippen molar-refractivity contribution >= 4 is 10.1 Å². The molecule has 0 aliphatic rings. The molecule has 1 aromatic carbocycles. The Kier molecular flexibility index (Phi) is 3.82. The van der Waals surface area contributed by atoms with Crippen molar-refractivity contribution in [3.8, 4) is 6.07 Å². The first-order valence-electron chi connectivity index (χ1n) is 4.52. The van der Waals surface area contributed by atoms with E-state index >= 15 is 0 Å². The maximum Gasteiger partial charge on any atom is 0.298 e. The van der Waals surface area contributed by atoms with E-state index in [-0.39, 0.29) is 4.90 Å². The van der Waals surface area contributed by atoms with Gasteiger partial charge in [0.1, 0.15) is 6.07 Å². The summed E-state index contributed by atoms with van der Waals surface area (Å²) in [7, 11) is -3.89. The predicted molar refractivity (Wildman–Crippen MR) is 59.0 cm³/mol. The lowest BCUT2D eigenvalue weighted by Gasteiger charge is -2.07. The molecule has 0 aliphatic carbocycles. The molecule has 0 saturated carbocycles. The Labute approximate surface area is 94.9 Å². The third kappa shape index (κ3) is 2.92. The Morgan fingerprint density at radius 1 is 1.44 bits per heavy atom. The van der Waals surface area contributed by atoms with Gasteiger partial charge in [0.25, 0.3) is 10.1 Å². The standard InChI is InChI=1S/C11H11NO3S/c1-3-10(8-12)15-16(13,14)11-6-4-9(2)5-7-11/h3-7,10H,1H2,2H3. The second-order valence-corrected chi connectivity index (χ2v) is 4.72. The SMILES string of the molecule is C=CC(C#N)OS(=O)(=O)c1ccc(C)cc1. The zero-order chi connectivity index (χ0) is 12.2. The Morgan fingerprint density at radius 2 is 2.00 bits per heavy atom. The van der Waals surface area contributed by atoms with Crippen molar-refractivity contribution in [2.75, 3.05) is 0 Å². The van der Waals surface area contributed by atoms with Gasteiger partial charge in [0.15, 0.2) is 6.10 Å². The van der Waals surface area contributed by atoms with Crippen molar-refractivity contribution in [1.29, 1.82) is 5.26 Å². The second-order valence-electron chi connectivity index (χ2n) is 3.15. The summed E-state index contributed by atoms with van der Waals surface area (Å²) in [6.07, 6.45) is -0.0301. The van der Waals surface area contributed by atoms with Crippen LogP contribution in [-0.4, -0.2) is 14.5 Å². The molecule has 1 unspecified atom stereocenters. The molecule has 0 heterocycles. The average Bonchev–Trinajstić information content (AvgIpc) is 2.26. The molecule has 84 valence electrons. The zero-order valence-corrected chi connectivity index (χ0v) is 9.57. The monoisotopic (exact) mass is 237 g/mol. The van der Waals surface area contributed by atoms with E-state index in [0.29, 0.717) is 0 Å². The fourth-order valence-electron chi connectivity index (χ4n) is 1.01. The molecule has 0 aromatic heterocycles. The molecule has 4 nitrogen and oxygen atoms in total. The minimum Gasteiger partial charge on any atom is -0.243 e. The summed E-state index contributed by atoms with van der Waals surface area (Å²) in [5, 5.41) is 8.57. The molecule has 0 fully saturated rings. The van der Waals surface area contributed by atoms with Crippen LogP contribution < -0.4 is 0 Å². The summed E-state index contributed by atoms with van der Waals surface area (Å²) in [6.45, 7) is 5.16. The smallest absolute Gasteiger partial charge is 0.243 e. The topological polar surface area (TPSA) is 67.2 Å². The fraction of sp³-hybridized carbons (Fsp3) is 0.182. The number of nitrogens with zero attached hydrogens (tertiary/aromatic N) is 1. The largest absolute Gasteiger partial charge is 0.298 e. The third-order valence-corrected chi connectivity index (χ3v) is 3.19. The summed E-state index contributed by atoms with van der Waals surface area (Å²) in [5.74, 6) is 0. The maximum atomic E-state index is 11.7. The highest BCUT2D eigenvalue weighted by molar-refractivity contribution is 7.86. The highest BCUT2D eigenvalue weighted by Crippen LogP contribution is 2.15. The Bertz CT molecular complexity index is 511. The molecular formula is C11H11NO3S. The van der Waals surface area contributed by atoms with E-state index in [2.05, 4.69) is 10.8 Å². The molecular weight excluding hydrogens is 226 g/mol. The number of rotatable bonds is 4. The van der Waals surface area contributed by atoms with Crippen LogP contribution >= 0.6 is 0 Å². The van der Waals surface area contributed by atoms with Gasteiger partial charge in [0.05, 0.1) is 4.90 Å². The molecule has 0 spiro atoms. The third-order valence-electron chi connectivity index (χ3n) is 1.88. The maximum absolute atomic E-state index is 11.7. The van der Waals surface area contributed by atoms with E-state index in [9.17, 15) is 8.42 Å². The number of aryl methyl sites for hydroxylation is 1. The van der Waals surface area contributed by atoms with Crippen LogP contribution in [0.1, 0.15) is 5.56 Å². The lowest BCUT2D eigenvalue weighted by molar-refractivity contribution is 0.305. The van der Waals surface area contributed by atoms with Gasteiger partial charge in [-0.1, -0.05) is 24.3 Å². The van der Waals surface area contributed by atoms with Crippen LogP contribution in [0.2, 0.25) is 0 Å². The highest BCUT2D eigenvalue weighted by atomic mass is 32.2. The number of nitriles is 1. The van der Waals surface area contributed by atoms with Gasteiger partial charge in [-0.05, 0) is 25.1 Å². The minimum absolute atomic E-state index is 0.0280. The molecule has 0 aliphatic heterocycles. The first-order chi connectivity index (χ1) is 7.49. The molecule has 0 bridgehead atoms. The quantitative estimate of drug-likeness (QED) is 0.591. The Morgan fingerprint density at radius 3 is 2.44 bits per heavy atom. The lowest BCUT2D eigenvalue weighted by Crippen LogP contribution is -2.14. The van der Waals surface area contributed by atoms with E-state index in [4.69, 9.17) is 5.26 Å². The molecule has 5 heteroatoms. The predicted octanol–water partition coefficient (Wildman–Crippen LogP) is 1.78. The summed E-state index contributed by atoms with van der Waals surface area (Å²) in [5.41, 5.74) is 0.944. The van der Waals surface area contributed by atoms with E-state index in [1.54, 1.807) is 18.2 Å². The summed E-state index contributed by atoms with van der Waals surface area (Å²) in [6, 6.07) is 7.85. The fourth-order valence-corrected chi connectivity index (χ4v) is 1.99. The van der Waals surface area contributed by atoms with Gasteiger partial charge in [-0.3, -0.25) is 0 Å². The number of hydrogen-bond donors (Lipinski definition) is 0. The van der Waals surface area contributed by atoms with E-state index in [1.165, 1.54) is 12.1 Å². The van der Waals surface area contributed by atoms with Gasteiger partial charge in [0.2, 0.25) is 0 Å². The molecule has 0 amide bonds. The molecule has 1 atom stereocenters. The first kappa shape index (κ1) is 12.4. The van der Waals surface area contributed by atoms with E-state index < -0.39 is 16.2 Å². The average molecular weight is 237 g/mol. The first-order valence-corrected chi connectivity index (χ1v) is 5.92. The second kappa shape index (κ2) is 4.92. The number of hydrogen-bond acceptors (Lipinski definition) is 4. The van der Waals surface area contributed by atoms with Gasteiger partial charge in [-0.25, -0.2) is 4.18 Å². The van der Waals surface area contributed by atoms with Crippen LogP contribution in [0.25, 0.3) is 0 Å². The minimum atomic E-state index is -3.89. The van der Waals surface area contributed by atoms with Crippen LogP contribution in [0.4, 0.5) is 0 Å². The van der Waals surface area contributed by atoms with Crippen molar-refractivity contribution in [2.24, 2.45) is 0 Å². The lowest BCUT2D eigenvalue weighted by atomic mass is 10.2. The van der Waals surface area contributed by atoms with Crippen LogP contribution in [0.5, 0.6) is 0 Å². The van der Waals surface area contributed by atoms with E-state index in [1.807, 2.05) is 6.92 Å². The van der Waals surface area contributed by atoms with Crippen LogP contribution in [-0.2, 0) is 14.3 Å². The normalized spacial score (nSPS) is 12.8. The molecule has 1 aromatic rings. The highest BCUT2D eigenvalue weighted by Gasteiger charge is 2.19. The Balaban J connectivity index is 2.99. The van der Waals surface area contributed by atoms with Crippen molar-refractivity contribution in [2.45, 2.75) is 17.9 Å². The van der Waals surface area contributed by atoms with Crippen LogP contribution in [0, 0.1) is 18.3 Å². The molecule has 0 N–H and O–H groups in total. The van der Waals surface area contributed by atoms with Gasteiger partial charge in [-0.2, -0.15) is 13.7 Å². The van der Waals surface area contributed by atoms with Gasteiger partial charge < -0.3 is 0 Å². The Hall–Kier alpha value is -1.64. The number of benzene rings is 1. The zero-order valence-electron chi connectivity index (χ0n) is 8.75. The summed E-state index contributed by atoms with van der Waals surface area (Å²) < 4.78 is 28.0. The molecule has 1 rings (SSSR count). The van der Waals surface area contributed by atoms with Crippen molar-refractivity contribution in [3.05, 3.63) is 42.5 Å². The molecule has 0 saturated heterocycles. The van der Waals surface area contributed by atoms with Crippen molar-refractivity contribution < 1.29 is 12.6 Å². The van der Waals surface area contributed by atoms with Crippen LogP contribution in [0.15, 0.2) is 41.8 Å². The van der Waals surface area contributed by atoms with Crippen molar-refractivity contribution in [3.63, 3.8) is 0 Å². The van der Waals surface area contributed by atoms with Gasteiger partial charge in [0, 0.05) is 0 Å². The summed E-state index contributed by atoms with van der Waals surface area (Å²) >= 11 is 0. The summed E-state index contributed by atoms with van der Waals surface area (Å²) in [4.78, 5) is 0.0280. The van der Waals surface area contributed by atoms with Gasteiger partial charge >= 0.3 is 0 Å². The van der Waals surface area contributed by atoms with E-state index in [0.717, 1.165) is 11.6 Å². The van der Waals surface area contributed by atoms with Crippen molar-refractivity contribution in [1.82, 2.24) is 0 Å². The van der Waals surface area contributed by atoms with Crippen LogP contribution in [0.3, 0.4) is 0 Å². The van der Waals surface area contributed by atoms with Gasteiger partial charge in [-0.15, -0.1) is 0 Å². The molecule has 16 heavy (non-hydrogen) atoms. The molecule has 0 radical (unpaired) electrons.